The Hall–Kier alpha value is -1.51. The lowest BCUT2D eigenvalue weighted by molar-refractivity contribution is -0.107. The minimum Gasteiger partial charge on any atom is -0.508 e. The smallest absolute Gasteiger partial charge is 0.126 e. The largest absolute Gasteiger partial charge is 0.508 e. The van der Waals surface area contributed by atoms with Crippen molar-refractivity contribution in [1.82, 2.24) is 0 Å². The van der Waals surface area contributed by atoms with Crippen LogP contribution < -0.4 is 0 Å². The zero-order valence-corrected chi connectivity index (χ0v) is 9.24. The summed E-state index contributed by atoms with van der Waals surface area (Å²) in [6.45, 7) is 5.89. The van der Waals surface area contributed by atoms with Crippen LogP contribution in [0.5, 0.6) is 11.5 Å². The van der Waals surface area contributed by atoms with Gasteiger partial charge in [0.2, 0.25) is 0 Å². The molecule has 0 bridgehead atoms. The topological polar surface area (TPSA) is 57.5 Å². The number of hydrogen-bond acceptors (Lipinski definition) is 3. The number of carbonyl (C=O) groups is 1. The Morgan fingerprint density at radius 2 is 1.87 bits per heavy atom. The minimum absolute atomic E-state index is 0.0228. The fourth-order valence-electron chi connectivity index (χ4n) is 1.52. The van der Waals surface area contributed by atoms with Crippen molar-refractivity contribution in [3.63, 3.8) is 0 Å². The van der Waals surface area contributed by atoms with E-state index < -0.39 is 0 Å². The molecule has 0 radical (unpaired) electrons. The molecule has 0 amide bonds. The molecular formula is C12H16O3. The maximum atomic E-state index is 10.4. The first-order chi connectivity index (χ1) is 6.88. The Kier molecular flexibility index (Phi) is 3.03. The fourth-order valence-corrected chi connectivity index (χ4v) is 1.52. The molecule has 0 unspecified atom stereocenters. The van der Waals surface area contributed by atoms with E-state index in [0.717, 1.165) is 5.56 Å². The summed E-state index contributed by atoms with van der Waals surface area (Å²) in [5.74, 6) is -0.0119. The van der Waals surface area contributed by atoms with Crippen LogP contribution >= 0.6 is 0 Å². The molecule has 1 rings (SSSR count). The molecule has 15 heavy (non-hydrogen) atoms. The predicted octanol–water partition coefficient (Wildman–Crippen LogP) is 2.14. The van der Waals surface area contributed by atoms with E-state index in [-0.39, 0.29) is 23.3 Å². The van der Waals surface area contributed by atoms with Crippen molar-refractivity contribution < 1.29 is 15.0 Å². The van der Waals surface area contributed by atoms with Gasteiger partial charge in [-0.05, 0) is 17.0 Å². The Bertz CT molecular complexity index is 375. The lowest BCUT2D eigenvalue weighted by Gasteiger charge is -2.22. The van der Waals surface area contributed by atoms with Crippen LogP contribution in [-0.4, -0.2) is 16.5 Å². The normalized spacial score (nSPS) is 11.4. The number of phenols is 2. The molecule has 3 heteroatoms. The van der Waals surface area contributed by atoms with Gasteiger partial charge in [0.15, 0.2) is 0 Å². The molecule has 1 aromatic carbocycles. The lowest BCUT2D eigenvalue weighted by atomic mass is 9.84. The molecule has 0 fully saturated rings. The van der Waals surface area contributed by atoms with Crippen LogP contribution in [0.1, 0.15) is 31.9 Å². The van der Waals surface area contributed by atoms with Crippen molar-refractivity contribution in [1.29, 1.82) is 0 Å². The van der Waals surface area contributed by atoms with Crippen LogP contribution in [0.15, 0.2) is 12.1 Å². The zero-order chi connectivity index (χ0) is 11.6. The molecule has 1 aromatic rings. The van der Waals surface area contributed by atoms with Crippen molar-refractivity contribution in [3.05, 3.63) is 23.3 Å². The molecule has 0 aromatic heterocycles. The van der Waals surface area contributed by atoms with Crippen LogP contribution in [0.25, 0.3) is 0 Å². The molecule has 3 nitrogen and oxygen atoms in total. The lowest BCUT2D eigenvalue weighted by Crippen LogP contribution is -2.12. The van der Waals surface area contributed by atoms with Gasteiger partial charge in [-0.1, -0.05) is 26.8 Å². The molecule has 0 atom stereocenters. The van der Waals surface area contributed by atoms with E-state index in [0.29, 0.717) is 11.8 Å². The van der Waals surface area contributed by atoms with Gasteiger partial charge in [0.25, 0.3) is 0 Å². The summed E-state index contributed by atoms with van der Waals surface area (Å²) in [5, 5.41) is 19.4. The number of aldehydes is 1. The summed E-state index contributed by atoms with van der Waals surface area (Å²) in [6, 6.07) is 3.19. The van der Waals surface area contributed by atoms with Crippen molar-refractivity contribution in [2.45, 2.75) is 32.6 Å². The highest BCUT2D eigenvalue weighted by Crippen LogP contribution is 2.37. The zero-order valence-electron chi connectivity index (χ0n) is 9.24. The molecule has 0 aliphatic rings. The fraction of sp³-hybridized carbons (Fsp3) is 0.417. The number of aromatic hydroxyl groups is 2. The molecule has 0 aliphatic heterocycles. The molecule has 0 heterocycles. The third-order valence-corrected chi connectivity index (χ3v) is 2.35. The number of hydrogen-bond donors (Lipinski definition) is 2. The van der Waals surface area contributed by atoms with E-state index in [1.807, 2.05) is 20.8 Å². The number of carbonyl (C=O) groups excluding carboxylic acids is 1. The molecular weight excluding hydrogens is 192 g/mol. The quantitative estimate of drug-likeness (QED) is 0.732. The van der Waals surface area contributed by atoms with Gasteiger partial charge in [-0.15, -0.1) is 0 Å². The highest BCUT2D eigenvalue weighted by Gasteiger charge is 2.21. The summed E-state index contributed by atoms with van der Waals surface area (Å²) in [6.07, 6.45) is 0.697. The molecule has 0 saturated carbocycles. The van der Waals surface area contributed by atoms with Crippen LogP contribution in [0, 0.1) is 0 Å². The molecule has 82 valence electrons. The van der Waals surface area contributed by atoms with Gasteiger partial charge in [-0.3, -0.25) is 0 Å². The van der Waals surface area contributed by atoms with E-state index >= 15 is 0 Å². The third kappa shape index (κ3) is 2.29. The maximum absolute atomic E-state index is 10.4. The minimum atomic E-state index is -0.213. The summed E-state index contributed by atoms with van der Waals surface area (Å²) in [7, 11) is 0. The van der Waals surface area contributed by atoms with Crippen LogP contribution in [0.3, 0.4) is 0 Å². The Morgan fingerprint density at radius 1 is 1.27 bits per heavy atom. The van der Waals surface area contributed by atoms with Crippen molar-refractivity contribution in [2.75, 3.05) is 0 Å². The highest BCUT2D eigenvalue weighted by molar-refractivity contribution is 5.62. The Morgan fingerprint density at radius 3 is 2.33 bits per heavy atom. The monoisotopic (exact) mass is 208 g/mol. The average Bonchev–Trinajstić information content (AvgIpc) is 2.09. The molecule has 0 spiro atoms. The van der Waals surface area contributed by atoms with Crippen LogP contribution in [-0.2, 0) is 16.6 Å². The van der Waals surface area contributed by atoms with E-state index in [4.69, 9.17) is 0 Å². The number of benzene rings is 1. The summed E-state index contributed by atoms with van der Waals surface area (Å²) < 4.78 is 0. The van der Waals surface area contributed by atoms with E-state index in [9.17, 15) is 15.0 Å². The van der Waals surface area contributed by atoms with Crippen LogP contribution in [0.2, 0.25) is 0 Å². The van der Waals surface area contributed by atoms with Gasteiger partial charge < -0.3 is 15.0 Å². The third-order valence-electron chi connectivity index (χ3n) is 2.35. The summed E-state index contributed by atoms with van der Waals surface area (Å²) in [5.41, 5.74) is 0.824. The predicted molar refractivity (Wildman–Crippen MR) is 58.2 cm³/mol. The molecule has 2 N–H and O–H groups in total. The van der Waals surface area contributed by atoms with Gasteiger partial charge in [0.1, 0.15) is 17.8 Å². The second kappa shape index (κ2) is 3.93. The number of rotatable bonds is 2. The first-order valence-electron chi connectivity index (χ1n) is 4.86. The summed E-state index contributed by atoms with van der Waals surface area (Å²) >= 11 is 0. The van der Waals surface area contributed by atoms with E-state index in [1.54, 1.807) is 6.07 Å². The first kappa shape index (κ1) is 11.6. The van der Waals surface area contributed by atoms with Crippen molar-refractivity contribution in [2.24, 2.45) is 0 Å². The maximum Gasteiger partial charge on any atom is 0.126 e. The average molecular weight is 208 g/mol. The van der Waals surface area contributed by atoms with E-state index in [1.165, 1.54) is 6.07 Å². The standard InChI is InChI=1S/C12H16O3/c1-12(2,3)9-4-5-10(14)8(6-7-13)11(9)15/h4-5,7,14-15H,6H2,1-3H3. The first-order valence-corrected chi connectivity index (χ1v) is 4.86. The van der Waals surface area contributed by atoms with Gasteiger partial charge >= 0.3 is 0 Å². The molecule has 0 aliphatic carbocycles. The van der Waals surface area contributed by atoms with E-state index in [2.05, 4.69) is 0 Å². The summed E-state index contributed by atoms with van der Waals surface area (Å²) in [4.78, 5) is 10.4. The second-order valence-electron chi connectivity index (χ2n) is 4.58. The van der Waals surface area contributed by atoms with Crippen LogP contribution in [0.4, 0.5) is 0 Å². The highest BCUT2D eigenvalue weighted by atomic mass is 16.3. The second-order valence-corrected chi connectivity index (χ2v) is 4.58. The van der Waals surface area contributed by atoms with Gasteiger partial charge in [-0.25, -0.2) is 0 Å². The van der Waals surface area contributed by atoms with Gasteiger partial charge in [-0.2, -0.15) is 0 Å². The SMILES string of the molecule is CC(C)(C)c1ccc(O)c(CC=O)c1O. The Balaban J connectivity index is 3.34. The Labute approximate surface area is 89.4 Å². The van der Waals surface area contributed by atoms with Crippen molar-refractivity contribution >= 4 is 6.29 Å². The van der Waals surface area contributed by atoms with Gasteiger partial charge in [0.05, 0.1) is 0 Å². The van der Waals surface area contributed by atoms with Gasteiger partial charge in [0, 0.05) is 12.0 Å². The molecule has 0 saturated heterocycles. The van der Waals surface area contributed by atoms with Crippen molar-refractivity contribution in [3.8, 4) is 11.5 Å². The number of phenolic OH excluding ortho intramolecular Hbond substituents is 2.